The van der Waals surface area contributed by atoms with Gasteiger partial charge in [-0.1, -0.05) is 30.3 Å². The molecule has 0 atom stereocenters. The molecule has 0 aliphatic carbocycles. The zero-order chi connectivity index (χ0) is 16.9. The zero-order valence-corrected chi connectivity index (χ0v) is 13.7. The van der Waals surface area contributed by atoms with E-state index >= 15 is 0 Å². The van der Waals surface area contributed by atoms with E-state index in [4.69, 9.17) is 0 Å². The summed E-state index contributed by atoms with van der Waals surface area (Å²) in [6.45, 7) is 4.62. The van der Waals surface area contributed by atoms with Gasteiger partial charge >= 0.3 is 0 Å². The molecule has 0 aliphatic rings. The summed E-state index contributed by atoms with van der Waals surface area (Å²) in [4.78, 5) is 8.85. The van der Waals surface area contributed by atoms with E-state index in [1.807, 2.05) is 25.1 Å². The minimum atomic E-state index is -0.288. The summed E-state index contributed by atoms with van der Waals surface area (Å²) >= 11 is 0. The lowest BCUT2D eigenvalue weighted by Gasteiger charge is -2.11. The molecule has 0 saturated heterocycles. The predicted octanol–water partition coefficient (Wildman–Crippen LogP) is 4.59. The number of aryl methyl sites for hydroxylation is 2. The Morgan fingerprint density at radius 1 is 0.958 bits per heavy atom. The van der Waals surface area contributed by atoms with Crippen LogP contribution in [0.1, 0.15) is 16.8 Å². The summed E-state index contributed by atoms with van der Waals surface area (Å²) in [7, 11) is 0. The van der Waals surface area contributed by atoms with Crippen LogP contribution in [0.3, 0.4) is 0 Å². The monoisotopic (exact) mass is 322 g/mol. The van der Waals surface area contributed by atoms with E-state index in [0.29, 0.717) is 24.0 Å². The Morgan fingerprint density at radius 2 is 1.79 bits per heavy atom. The summed E-state index contributed by atoms with van der Waals surface area (Å²) in [5.74, 6) is 0.876. The van der Waals surface area contributed by atoms with Gasteiger partial charge in [-0.3, -0.25) is 0 Å². The molecule has 122 valence electrons. The maximum Gasteiger partial charge on any atom is 0.225 e. The van der Waals surface area contributed by atoms with Gasteiger partial charge in [0.25, 0.3) is 0 Å². The maximum absolute atomic E-state index is 13.3. The molecule has 3 aromatic rings. The van der Waals surface area contributed by atoms with Gasteiger partial charge in [0.1, 0.15) is 11.6 Å². The number of halogens is 1. The van der Waals surface area contributed by atoms with Crippen LogP contribution in [0, 0.1) is 19.7 Å². The van der Waals surface area contributed by atoms with Crippen LogP contribution in [0.2, 0.25) is 0 Å². The first-order chi connectivity index (χ1) is 11.6. The van der Waals surface area contributed by atoms with Crippen molar-refractivity contribution in [2.75, 3.05) is 10.6 Å². The fourth-order valence-corrected chi connectivity index (χ4v) is 2.41. The second-order valence-corrected chi connectivity index (χ2v) is 5.63. The lowest BCUT2D eigenvalue weighted by Crippen LogP contribution is -2.07. The van der Waals surface area contributed by atoms with Crippen LogP contribution in [-0.4, -0.2) is 9.97 Å². The highest BCUT2D eigenvalue weighted by atomic mass is 19.1. The number of hydrogen-bond donors (Lipinski definition) is 2. The molecule has 0 amide bonds. The second-order valence-electron chi connectivity index (χ2n) is 5.63. The molecule has 0 bridgehead atoms. The van der Waals surface area contributed by atoms with Crippen molar-refractivity contribution in [1.82, 2.24) is 9.97 Å². The third kappa shape index (κ3) is 4.07. The Labute approximate surface area is 140 Å². The van der Waals surface area contributed by atoms with Crippen molar-refractivity contribution in [3.63, 3.8) is 0 Å². The van der Waals surface area contributed by atoms with E-state index in [2.05, 4.69) is 39.7 Å². The second kappa shape index (κ2) is 7.08. The van der Waals surface area contributed by atoms with E-state index in [9.17, 15) is 4.39 Å². The quantitative estimate of drug-likeness (QED) is 0.721. The average molecular weight is 322 g/mol. The van der Waals surface area contributed by atoms with Gasteiger partial charge in [-0.2, -0.15) is 4.98 Å². The van der Waals surface area contributed by atoms with Crippen molar-refractivity contribution in [1.29, 1.82) is 0 Å². The SMILES string of the molecule is Cc1cc(Nc2cccc(F)c2)nc(NCc2ccccc2C)n1. The lowest BCUT2D eigenvalue weighted by atomic mass is 10.1. The molecule has 2 N–H and O–H groups in total. The molecule has 2 aromatic carbocycles. The van der Waals surface area contributed by atoms with Crippen molar-refractivity contribution >= 4 is 17.5 Å². The van der Waals surface area contributed by atoms with Crippen LogP contribution in [0.5, 0.6) is 0 Å². The van der Waals surface area contributed by atoms with Gasteiger partial charge < -0.3 is 10.6 Å². The van der Waals surface area contributed by atoms with Gasteiger partial charge in [0, 0.05) is 24.0 Å². The Balaban J connectivity index is 1.75. The molecule has 5 heteroatoms. The summed E-state index contributed by atoms with van der Waals surface area (Å²) in [6, 6.07) is 16.3. The number of aromatic nitrogens is 2. The fraction of sp³-hybridized carbons (Fsp3) is 0.158. The highest BCUT2D eigenvalue weighted by Gasteiger charge is 2.04. The van der Waals surface area contributed by atoms with Crippen LogP contribution in [0.4, 0.5) is 21.8 Å². The molecule has 0 fully saturated rings. The van der Waals surface area contributed by atoms with Gasteiger partial charge in [-0.05, 0) is 43.2 Å². The summed E-state index contributed by atoms with van der Waals surface area (Å²) in [6.07, 6.45) is 0. The highest BCUT2D eigenvalue weighted by molar-refractivity contribution is 5.57. The third-order valence-electron chi connectivity index (χ3n) is 3.65. The molecule has 0 radical (unpaired) electrons. The van der Waals surface area contributed by atoms with E-state index in [-0.39, 0.29) is 5.82 Å². The number of rotatable bonds is 5. The van der Waals surface area contributed by atoms with Crippen molar-refractivity contribution in [3.8, 4) is 0 Å². The van der Waals surface area contributed by atoms with Gasteiger partial charge in [0.05, 0.1) is 0 Å². The van der Waals surface area contributed by atoms with E-state index in [1.54, 1.807) is 12.1 Å². The van der Waals surface area contributed by atoms with E-state index in [1.165, 1.54) is 23.3 Å². The average Bonchev–Trinajstić information content (AvgIpc) is 2.53. The van der Waals surface area contributed by atoms with Crippen LogP contribution >= 0.6 is 0 Å². The van der Waals surface area contributed by atoms with Gasteiger partial charge in [-0.15, -0.1) is 0 Å². The molecule has 3 rings (SSSR count). The first-order valence-electron chi connectivity index (χ1n) is 7.77. The van der Waals surface area contributed by atoms with Crippen LogP contribution in [0.25, 0.3) is 0 Å². The predicted molar refractivity (Wildman–Crippen MR) is 95.0 cm³/mol. The van der Waals surface area contributed by atoms with Crippen LogP contribution in [0.15, 0.2) is 54.6 Å². The number of hydrogen-bond acceptors (Lipinski definition) is 4. The molecule has 4 nitrogen and oxygen atoms in total. The van der Waals surface area contributed by atoms with E-state index in [0.717, 1.165) is 5.69 Å². The van der Waals surface area contributed by atoms with Crippen molar-refractivity contribution in [2.24, 2.45) is 0 Å². The first kappa shape index (κ1) is 15.9. The Hall–Kier alpha value is -2.95. The number of anilines is 3. The molecular weight excluding hydrogens is 303 g/mol. The number of benzene rings is 2. The smallest absolute Gasteiger partial charge is 0.225 e. The zero-order valence-electron chi connectivity index (χ0n) is 13.7. The molecule has 0 unspecified atom stereocenters. The van der Waals surface area contributed by atoms with Crippen LogP contribution in [-0.2, 0) is 6.54 Å². The Morgan fingerprint density at radius 3 is 2.58 bits per heavy atom. The summed E-state index contributed by atoms with van der Waals surface area (Å²) in [5, 5.41) is 6.35. The van der Waals surface area contributed by atoms with Crippen LogP contribution < -0.4 is 10.6 Å². The lowest BCUT2D eigenvalue weighted by molar-refractivity contribution is 0.628. The normalized spacial score (nSPS) is 10.5. The molecule has 0 spiro atoms. The number of nitrogens with one attached hydrogen (secondary N) is 2. The van der Waals surface area contributed by atoms with Gasteiger partial charge in [-0.25, -0.2) is 9.37 Å². The third-order valence-corrected chi connectivity index (χ3v) is 3.65. The Bertz CT molecular complexity index is 848. The fourth-order valence-electron chi connectivity index (χ4n) is 2.41. The molecule has 0 aliphatic heterocycles. The summed E-state index contributed by atoms with van der Waals surface area (Å²) < 4.78 is 13.3. The molecular formula is C19H19FN4. The first-order valence-corrected chi connectivity index (χ1v) is 7.77. The van der Waals surface area contributed by atoms with Gasteiger partial charge in [0.15, 0.2) is 0 Å². The van der Waals surface area contributed by atoms with Crippen molar-refractivity contribution < 1.29 is 4.39 Å². The molecule has 1 aromatic heterocycles. The van der Waals surface area contributed by atoms with Gasteiger partial charge in [0.2, 0.25) is 5.95 Å². The largest absolute Gasteiger partial charge is 0.350 e. The number of nitrogens with zero attached hydrogens (tertiary/aromatic N) is 2. The summed E-state index contributed by atoms with van der Waals surface area (Å²) in [5.41, 5.74) is 3.90. The minimum Gasteiger partial charge on any atom is -0.350 e. The van der Waals surface area contributed by atoms with E-state index < -0.39 is 0 Å². The molecule has 0 saturated carbocycles. The van der Waals surface area contributed by atoms with Crippen molar-refractivity contribution in [2.45, 2.75) is 20.4 Å². The minimum absolute atomic E-state index is 0.288. The highest BCUT2D eigenvalue weighted by Crippen LogP contribution is 2.18. The Kier molecular flexibility index (Phi) is 4.70. The standard InChI is InChI=1S/C19H19FN4/c1-13-6-3-4-7-15(13)12-21-19-22-14(2)10-18(24-19)23-17-9-5-8-16(20)11-17/h3-11H,12H2,1-2H3,(H2,21,22,23,24). The molecule has 24 heavy (non-hydrogen) atoms. The topological polar surface area (TPSA) is 49.8 Å². The van der Waals surface area contributed by atoms with Crippen molar-refractivity contribution in [3.05, 3.63) is 77.2 Å². The molecule has 1 heterocycles. The maximum atomic E-state index is 13.3.